The smallest absolute Gasteiger partial charge is 0.117 e. The Morgan fingerprint density at radius 2 is 2.00 bits per heavy atom. The fraction of sp³-hybridized carbons (Fsp3) is 0.200. The summed E-state index contributed by atoms with van der Waals surface area (Å²) in [7, 11) is 0. The molecule has 0 saturated carbocycles. The van der Waals surface area contributed by atoms with Gasteiger partial charge in [-0.1, -0.05) is 0 Å². The minimum atomic E-state index is -0.236. The molecular formula is C15H16N4S. The molecule has 0 aliphatic rings. The van der Waals surface area contributed by atoms with E-state index >= 15 is 0 Å². The molecule has 20 heavy (non-hydrogen) atoms. The first-order valence-corrected chi connectivity index (χ1v) is 7.26. The van der Waals surface area contributed by atoms with Crippen LogP contribution in [0.5, 0.6) is 0 Å². The van der Waals surface area contributed by atoms with Crippen LogP contribution in [0.15, 0.2) is 42.2 Å². The summed E-state index contributed by atoms with van der Waals surface area (Å²) in [5.74, 6) is 0. The minimum absolute atomic E-state index is 0.236. The molecule has 0 atom stereocenters. The normalized spacial score (nSPS) is 11.7. The number of nitrogen functional groups attached to an aromatic ring is 1. The van der Waals surface area contributed by atoms with Gasteiger partial charge < -0.3 is 11.1 Å². The molecule has 3 N–H and O–H groups in total. The fourth-order valence-corrected chi connectivity index (χ4v) is 2.96. The summed E-state index contributed by atoms with van der Waals surface area (Å²) in [6.45, 7) is 4.24. The van der Waals surface area contributed by atoms with E-state index in [0.717, 1.165) is 27.2 Å². The fourth-order valence-electron chi connectivity index (χ4n) is 2.24. The second-order valence-corrected chi connectivity index (χ2v) is 6.11. The molecule has 0 saturated heterocycles. The highest BCUT2D eigenvalue weighted by Crippen LogP contribution is 2.33. The van der Waals surface area contributed by atoms with Crippen LogP contribution in [-0.2, 0) is 5.54 Å². The third-order valence-corrected chi connectivity index (χ3v) is 4.36. The predicted octanol–water partition coefficient (Wildman–Crippen LogP) is 3.62. The van der Waals surface area contributed by atoms with Crippen LogP contribution in [0, 0.1) is 0 Å². The summed E-state index contributed by atoms with van der Waals surface area (Å²) in [6.07, 6.45) is 5.41. The van der Waals surface area contributed by atoms with E-state index in [0.29, 0.717) is 0 Å². The van der Waals surface area contributed by atoms with Gasteiger partial charge in [0.05, 0.1) is 5.54 Å². The minimum Gasteiger partial charge on any atom is -0.398 e. The molecule has 1 aromatic carbocycles. The number of thiazole rings is 1. The molecule has 5 heteroatoms. The number of anilines is 2. The van der Waals surface area contributed by atoms with E-state index in [4.69, 9.17) is 5.73 Å². The second-order valence-electron chi connectivity index (χ2n) is 5.21. The van der Waals surface area contributed by atoms with E-state index in [2.05, 4.69) is 29.1 Å². The molecule has 0 bridgehead atoms. The van der Waals surface area contributed by atoms with Gasteiger partial charge in [0.1, 0.15) is 5.01 Å². The first kappa shape index (κ1) is 12.9. The molecule has 0 aliphatic heterocycles. The maximum Gasteiger partial charge on any atom is 0.117 e. The van der Waals surface area contributed by atoms with Crippen molar-refractivity contribution in [3.8, 4) is 0 Å². The van der Waals surface area contributed by atoms with Crippen LogP contribution >= 0.6 is 11.3 Å². The Kier molecular flexibility index (Phi) is 3.06. The number of fused-ring (bicyclic) bond motifs is 1. The average molecular weight is 284 g/mol. The number of benzene rings is 1. The van der Waals surface area contributed by atoms with Crippen LogP contribution in [0.1, 0.15) is 18.9 Å². The lowest BCUT2D eigenvalue weighted by atomic mass is 10.0. The van der Waals surface area contributed by atoms with Crippen molar-refractivity contribution in [1.29, 1.82) is 0 Å². The quantitative estimate of drug-likeness (QED) is 0.721. The topological polar surface area (TPSA) is 63.8 Å². The molecule has 3 rings (SSSR count). The van der Waals surface area contributed by atoms with Crippen LogP contribution in [-0.4, -0.2) is 9.97 Å². The average Bonchev–Trinajstić information content (AvgIpc) is 2.97. The number of nitrogens with two attached hydrogens (primary N) is 1. The van der Waals surface area contributed by atoms with Crippen LogP contribution < -0.4 is 11.1 Å². The zero-order chi connectivity index (χ0) is 14.2. The third kappa shape index (κ3) is 2.20. The molecule has 0 unspecified atom stereocenters. The molecule has 3 aromatic rings. The van der Waals surface area contributed by atoms with Crippen molar-refractivity contribution >= 4 is 33.5 Å². The van der Waals surface area contributed by atoms with Gasteiger partial charge in [0, 0.05) is 46.1 Å². The van der Waals surface area contributed by atoms with Gasteiger partial charge in [-0.3, -0.25) is 4.98 Å². The van der Waals surface area contributed by atoms with Crippen molar-refractivity contribution in [2.45, 2.75) is 19.4 Å². The van der Waals surface area contributed by atoms with Gasteiger partial charge >= 0.3 is 0 Å². The number of hydrogen-bond acceptors (Lipinski definition) is 5. The van der Waals surface area contributed by atoms with E-state index in [-0.39, 0.29) is 5.54 Å². The van der Waals surface area contributed by atoms with Gasteiger partial charge in [-0.05, 0) is 32.0 Å². The highest BCUT2D eigenvalue weighted by Gasteiger charge is 2.23. The van der Waals surface area contributed by atoms with E-state index < -0.39 is 0 Å². The lowest BCUT2D eigenvalue weighted by molar-refractivity contribution is 0.605. The zero-order valence-electron chi connectivity index (χ0n) is 11.4. The highest BCUT2D eigenvalue weighted by molar-refractivity contribution is 7.09. The first-order chi connectivity index (χ1) is 9.58. The number of nitrogens with one attached hydrogen (secondary N) is 1. The first-order valence-electron chi connectivity index (χ1n) is 6.38. The van der Waals surface area contributed by atoms with Crippen molar-refractivity contribution in [2.75, 3.05) is 11.1 Å². The molecular weight excluding hydrogens is 268 g/mol. The molecule has 0 spiro atoms. The SMILES string of the molecule is CC(C)(Nc1ccc(N)c2cnccc12)c1nccs1. The van der Waals surface area contributed by atoms with Gasteiger partial charge in [0.25, 0.3) is 0 Å². The summed E-state index contributed by atoms with van der Waals surface area (Å²) >= 11 is 1.65. The number of hydrogen-bond donors (Lipinski definition) is 2. The third-order valence-electron chi connectivity index (χ3n) is 3.27. The Morgan fingerprint density at radius 3 is 2.75 bits per heavy atom. The molecule has 0 radical (unpaired) electrons. The summed E-state index contributed by atoms with van der Waals surface area (Å²) in [4.78, 5) is 8.54. The Balaban J connectivity index is 2.06. The molecule has 2 aromatic heterocycles. The number of rotatable bonds is 3. The number of nitrogens with zero attached hydrogens (tertiary/aromatic N) is 2. The predicted molar refractivity (Wildman–Crippen MR) is 84.9 cm³/mol. The van der Waals surface area contributed by atoms with E-state index in [1.54, 1.807) is 23.7 Å². The Labute approximate surface area is 121 Å². The summed E-state index contributed by atoms with van der Waals surface area (Å²) in [6, 6.07) is 5.89. The number of pyridine rings is 1. The molecule has 0 aliphatic carbocycles. The van der Waals surface area contributed by atoms with Crippen LogP contribution in [0.4, 0.5) is 11.4 Å². The van der Waals surface area contributed by atoms with E-state index in [9.17, 15) is 0 Å². The maximum absolute atomic E-state index is 6.01. The largest absolute Gasteiger partial charge is 0.398 e. The van der Waals surface area contributed by atoms with Gasteiger partial charge in [0.15, 0.2) is 0 Å². The van der Waals surface area contributed by atoms with Crippen LogP contribution in [0.3, 0.4) is 0 Å². The molecule has 2 heterocycles. The van der Waals surface area contributed by atoms with Crippen molar-refractivity contribution in [1.82, 2.24) is 9.97 Å². The molecule has 4 nitrogen and oxygen atoms in total. The van der Waals surface area contributed by atoms with E-state index in [1.807, 2.05) is 29.8 Å². The lowest BCUT2D eigenvalue weighted by Crippen LogP contribution is -2.27. The highest BCUT2D eigenvalue weighted by atomic mass is 32.1. The van der Waals surface area contributed by atoms with Crippen LogP contribution in [0.2, 0.25) is 0 Å². The van der Waals surface area contributed by atoms with Crippen molar-refractivity contribution in [3.05, 3.63) is 47.2 Å². The Bertz CT molecular complexity index is 735. The summed E-state index contributed by atoms with van der Waals surface area (Å²) in [5, 5.41) is 8.64. The standard InChI is InChI=1S/C15H16N4S/c1-15(2,14-18-7-8-20-14)19-13-4-3-12(16)11-9-17-6-5-10(11)13/h3-9,19H,16H2,1-2H3. The van der Waals surface area contributed by atoms with Crippen molar-refractivity contribution in [2.24, 2.45) is 0 Å². The van der Waals surface area contributed by atoms with Crippen molar-refractivity contribution in [3.63, 3.8) is 0 Å². The molecule has 0 fully saturated rings. The second kappa shape index (κ2) is 4.76. The van der Waals surface area contributed by atoms with Gasteiger partial charge in [-0.15, -0.1) is 11.3 Å². The zero-order valence-corrected chi connectivity index (χ0v) is 12.2. The van der Waals surface area contributed by atoms with Crippen molar-refractivity contribution < 1.29 is 0 Å². The summed E-state index contributed by atoms with van der Waals surface area (Å²) < 4.78 is 0. The Morgan fingerprint density at radius 1 is 1.15 bits per heavy atom. The van der Waals surface area contributed by atoms with Crippen LogP contribution in [0.25, 0.3) is 10.8 Å². The van der Waals surface area contributed by atoms with Gasteiger partial charge in [-0.25, -0.2) is 4.98 Å². The van der Waals surface area contributed by atoms with Gasteiger partial charge in [-0.2, -0.15) is 0 Å². The summed E-state index contributed by atoms with van der Waals surface area (Å²) in [5.41, 5.74) is 7.55. The molecule has 102 valence electrons. The van der Waals surface area contributed by atoms with E-state index in [1.165, 1.54) is 0 Å². The monoisotopic (exact) mass is 284 g/mol. The Hall–Kier alpha value is -2.14. The van der Waals surface area contributed by atoms with Gasteiger partial charge in [0.2, 0.25) is 0 Å². The lowest BCUT2D eigenvalue weighted by Gasteiger charge is -2.26. The molecule has 0 amide bonds. The maximum atomic E-state index is 6.01. The number of aromatic nitrogens is 2.